The first-order valence-corrected chi connectivity index (χ1v) is 7.55. The lowest BCUT2D eigenvalue weighted by atomic mass is 10.4. The highest BCUT2D eigenvalue weighted by Gasteiger charge is 2.27. The molecule has 0 spiro atoms. The van der Waals surface area contributed by atoms with Crippen molar-refractivity contribution in [2.75, 3.05) is 20.3 Å². The van der Waals surface area contributed by atoms with Gasteiger partial charge in [0.15, 0.2) is 4.34 Å². The Morgan fingerprint density at radius 3 is 2.74 bits per heavy atom. The number of aliphatic hydroxyl groups is 1. The summed E-state index contributed by atoms with van der Waals surface area (Å²) in [6, 6.07) is 0.0336. The molecule has 0 aliphatic rings. The molecule has 0 saturated carbocycles. The van der Waals surface area contributed by atoms with Crippen LogP contribution in [0.4, 0.5) is 5.69 Å². The third-order valence-electron chi connectivity index (χ3n) is 2.02. The summed E-state index contributed by atoms with van der Waals surface area (Å²) in [5, 5.41) is 19.6. The fourth-order valence-corrected chi connectivity index (χ4v) is 4.09. The summed E-state index contributed by atoms with van der Waals surface area (Å²) in [5.41, 5.74) is -0.473. The molecule has 1 aromatic rings. The molecule has 0 radical (unpaired) electrons. The van der Waals surface area contributed by atoms with Crippen molar-refractivity contribution < 1.29 is 23.2 Å². The Labute approximate surface area is 118 Å². The number of nitrogens with one attached hydrogen (secondary N) is 1. The average Bonchev–Trinajstić information content (AvgIpc) is 2.71. The third-order valence-corrected chi connectivity index (χ3v) is 5.35. The van der Waals surface area contributed by atoms with Crippen LogP contribution in [0.2, 0.25) is 4.34 Å². The second-order valence-corrected chi connectivity index (χ2v) is 7.03. The van der Waals surface area contributed by atoms with Crippen molar-refractivity contribution in [2.24, 2.45) is 0 Å². The molecule has 1 atom stereocenters. The summed E-state index contributed by atoms with van der Waals surface area (Å²) in [6.45, 7) is -0.495. The van der Waals surface area contributed by atoms with E-state index in [-0.39, 0.29) is 15.2 Å². The van der Waals surface area contributed by atoms with Crippen LogP contribution in [0.1, 0.15) is 0 Å². The van der Waals surface area contributed by atoms with E-state index in [1.165, 1.54) is 7.11 Å². The van der Waals surface area contributed by atoms with Crippen LogP contribution >= 0.6 is 22.9 Å². The smallest absolute Gasteiger partial charge is 0.300 e. The maximum absolute atomic E-state index is 11.9. The van der Waals surface area contributed by atoms with Crippen LogP contribution in [0, 0.1) is 10.1 Å². The van der Waals surface area contributed by atoms with Crippen molar-refractivity contribution in [1.29, 1.82) is 0 Å². The molecule has 0 aliphatic heterocycles. The molecule has 1 unspecified atom stereocenters. The van der Waals surface area contributed by atoms with E-state index in [4.69, 9.17) is 21.4 Å². The van der Waals surface area contributed by atoms with Crippen LogP contribution in [0.25, 0.3) is 0 Å². The van der Waals surface area contributed by atoms with Gasteiger partial charge < -0.3 is 9.84 Å². The van der Waals surface area contributed by atoms with Crippen LogP contribution in [0.5, 0.6) is 0 Å². The standard InChI is InChI=1S/C8H11ClN2O6S2/c1-17-4-5(3-12)10-19(15,16)7-2-6(11(13)14)8(9)18-7/h2,5,10,12H,3-4H2,1H3. The predicted octanol–water partition coefficient (Wildman–Crippen LogP) is 0.595. The zero-order valence-corrected chi connectivity index (χ0v) is 12.1. The van der Waals surface area contributed by atoms with Gasteiger partial charge in [0.05, 0.1) is 24.2 Å². The van der Waals surface area contributed by atoms with E-state index in [2.05, 4.69) is 4.72 Å². The van der Waals surface area contributed by atoms with Crippen LogP contribution in [0.15, 0.2) is 10.3 Å². The van der Waals surface area contributed by atoms with Gasteiger partial charge in [0.25, 0.3) is 15.7 Å². The molecule has 8 nitrogen and oxygen atoms in total. The Bertz CT molecular complexity index is 558. The molecular formula is C8H11ClN2O6S2. The summed E-state index contributed by atoms with van der Waals surface area (Å²) < 4.78 is 30.2. The summed E-state index contributed by atoms with van der Waals surface area (Å²) in [4.78, 5) is 9.83. The third kappa shape index (κ3) is 4.09. The molecule has 2 N–H and O–H groups in total. The monoisotopic (exact) mass is 330 g/mol. The van der Waals surface area contributed by atoms with Crippen molar-refractivity contribution >= 4 is 38.6 Å². The maximum Gasteiger partial charge on any atom is 0.300 e. The zero-order chi connectivity index (χ0) is 14.6. The lowest BCUT2D eigenvalue weighted by Gasteiger charge is -2.14. The molecule has 0 fully saturated rings. The number of nitrogens with zero attached hydrogens (tertiary/aromatic N) is 1. The van der Waals surface area contributed by atoms with E-state index >= 15 is 0 Å². The number of sulfonamides is 1. The van der Waals surface area contributed by atoms with Crippen LogP contribution in [0.3, 0.4) is 0 Å². The lowest BCUT2D eigenvalue weighted by molar-refractivity contribution is -0.384. The molecule has 108 valence electrons. The predicted molar refractivity (Wildman–Crippen MR) is 69.1 cm³/mol. The minimum absolute atomic E-state index is 0.0308. The number of methoxy groups -OCH3 is 1. The first kappa shape index (κ1) is 16.3. The minimum Gasteiger partial charge on any atom is -0.395 e. The normalized spacial score (nSPS) is 13.4. The van der Waals surface area contributed by atoms with Gasteiger partial charge in [-0.25, -0.2) is 13.1 Å². The van der Waals surface area contributed by atoms with E-state index in [1.807, 2.05) is 0 Å². The van der Waals surface area contributed by atoms with Gasteiger partial charge in [-0.3, -0.25) is 10.1 Å². The topological polar surface area (TPSA) is 119 Å². The molecule has 19 heavy (non-hydrogen) atoms. The van der Waals surface area contributed by atoms with Crippen LogP contribution in [-0.4, -0.2) is 44.8 Å². The second kappa shape index (κ2) is 6.59. The number of nitro groups is 1. The molecule has 0 aliphatic carbocycles. The first-order valence-electron chi connectivity index (χ1n) is 4.87. The van der Waals surface area contributed by atoms with Gasteiger partial charge in [-0.15, -0.1) is 11.3 Å². The number of halogens is 1. The Hall–Kier alpha value is -0.780. The Morgan fingerprint density at radius 1 is 1.68 bits per heavy atom. The number of rotatable bonds is 7. The van der Waals surface area contributed by atoms with Gasteiger partial charge in [-0.05, 0) is 0 Å². The lowest BCUT2D eigenvalue weighted by Crippen LogP contribution is -2.40. The van der Waals surface area contributed by atoms with E-state index < -0.39 is 33.3 Å². The molecule has 0 saturated heterocycles. The molecular weight excluding hydrogens is 320 g/mol. The summed E-state index contributed by atoms with van der Waals surface area (Å²) >= 11 is 6.16. The van der Waals surface area contributed by atoms with Gasteiger partial charge in [-0.2, -0.15) is 0 Å². The number of thiophene rings is 1. The molecule has 11 heteroatoms. The van der Waals surface area contributed by atoms with Gasteiger partial charge in [-0.1, -0.05) is 11.6 Å². The van der Waals surface area contributed by atoms with Gasteiger partial charge in [0.1, 0.15) is 4.21 Å². The van der Waals surface area contributed by atoms with E-state index in [0.717, 1.165) is 6.07 Å². The highest BCUT2D eigenvalue weighted by Crippen LogP contribution is 2.36. The number of hydrogen-bond donors (Lipinski definition) is 2. The zero-order valence-electron chi connectivity index (χ0n) is 9.70. The van der Waals surface area contributed by atoms with Crippen molar-refractivity contribution in [3.63, 3.8) is 0 Å². The molecule has 0 amide bonds. The number of aliphatic hydroxyl groups excluding tert-OH is 1. The van der Waals surface area contributed by atoms with Crippen molar-refractivity contribution in [3.05, 3.63) is 20.5 Å². The SMILES string of the molecule is COCC(CO)NS(=O)(=O)c1cc([N+](=O)[O-])c(Cl)s1. The van der Waals surface area contributed by atoms with Gasteiger partial charge in [0, 0.05) is 13.2 Å². The Kier molecular flexibility index (Phi) is 5.64. The van der Waals surface area contributed by atoms with E-state index in [0.29, 0.717) is 11.3 Å². The Balaban J connectivity index is 3.00. The van der Waals surface area contributed by atoms with E-state index in [9.17, 15) is 18.5 Å². The summed E-state index contributed by atoms with van der Waals surface area (Å²) in [5.74, 6) is 0. The largest absolute Gasteiger partial charge is 0.395 e. The molecule has 0 bridgehead atoms. The summed E-state index contributed by atoms with van der Waals surface area (Å²) in [7, 11) is -2.64. The fraction of sp³-hybridized carbons (Fsp3) is 0.500. The van der Waals surface area contributed by atoms with Crippen LogP contribution < -0.4 is 4.72 Å². The van der Waals surface area contributed by atoms with Crippen molar-refractivity contribution in [2.45, 2.75) is 10.3 Å². The Morgan fingerprint density at radius 2 is 2.32 bits per heavy atom. The first-order chi connectivity index (χ1) is 8.81. The van der Waals surface area contributed by atoms with Crippen molar-refractivity contribution in [3.8, 4) is 0 Å². The van der Waals surface area contributed by atoms with Crippen LogP contribution in [-0.2, 0) is 14.8 Å². The molecule has 1 heterocycles. The minimum atomic E-state index is -3.99. The summed E-state index contributed by atoms with van der Waals surface area (Å²) in [6.07, 6.45) is 0. The molecule has 1 aromatic heterocycles. The highest BCUT2D eigenvalue weighted by molar-refractivity contribution is 7.91. The molecule has 0 aromatic carbocycles. The van der Waals surface area contributed by atoms with E-state index in [1.54, 1.807) is 0 Å². The van der Waals surface area contributed by atoms with Gasteiger partial charge >= 0.3 is 0 Å². The number of ether oxygens (including phenoxy) is 1. The average molecular weight is 331 g/mol. The molecule has 1 rings (SSSR count). The second-order valence-electron chi connectivity index (χ2n) is 3.44. The quantitative estimate of drug-likeness (QED) is 0.558. The number of hydrogen-bond acceptors (Lipinski definition) is 7. The fourth-order valence-electron chi connectivity index (χ4n) is 1.20. The highest BCUT2D eigenvalue weighted by atomic mass is 35.5. The van der Waals surface area contributed by atoms with Crippen molar-refractivity contribution in [1.82, 2.24) is 4.72 Å². The maximum atomic E-state index is 11.9. The van der Waals surface area contributed by atoms with Gasteiger partial charge in [0.2, 0.25) is 0 Å².